The summed E-state index contributed by atoms with van der Waals surface area (Å²) in [5.41, 5.74) is 2.17. The van der Waals surface area contributed by atoms with Gasteiger partial charge in [-0.25, -0.2) is 13.6 Å². The number of rotatable bonds is 10. The minimum Gasteiger partial charge on any atom is -0.356 e. The summed E-state index contributed by atoms with van der Waals surface area (Å²) in [4.78, 5) is 18.2. The van der Waals surface area contributed by atoms with E-state index in [-0.39, 0.29) is 10.8 Å². The van der Waals surface area contributed by atoms with Crippen LogP contribution in [0.25, 0.3) is 0 Å². The molecule has 0 fully saturated rings. The van der Waals surface area contributed by atoms with Crippen LogP contribution < -0.4 is 10.5 Å². The number of nitrogens with zero attached hydrogens (tertiary/aromatic N) is 2. The van der Waals surface area contributed by atoms with Gasteiger partial charge in [0.1, 0.15) is 0 Å². The lowest BCUT2D eigenvalue weighted by molar-refractivity contribution is -0.121. The summed E-state index contributed by atoms with van der Waals surface area (Å²) in [6.45, 7) is 2.09. The van der Waals surface area contributed by atoms with Crippen LogP contribution in [0.2, 0.25) is 0 Å². The third-order valence-electron chi connectivity index (χ3n) is 4.24. The zero-order valence-electron chi connectivity index (χ0n) is 15.5. The summed E-state index contributed by atoms with van der Waals surface area (Å²) in [5.74, 6) is 0.00640. The molecule has 0 bridgehead atoms. The predicted molar refractivity (Wildman–Crippen MR) is 105 cm³/mol. The van der Waals surface area contributed by atoms with Gasteiger partial charge in [-0.2, -0.15) is 0 Å². The molecule has 1 heterocycles. The van der Waals surface area contributed by atoms with Crippen LogP contribution in [0.15, 0.2) is 53.7 Å². The standard InChI is InChI=1S/C19H26N4O3S/c1-23(14-9-17-6-11-21-12-7-17)15-10-19(24)22-13-8-16-2-4-18(5-3-16)27(20,25)26/h2-7,11-12H,8-10,13-15H2,1H3,(H,22,24)(H2,20,25,26). The van der Waals surface area contributed by atoms with Gasteiger partial charge in [0.15, 0.2) is 0 Å². The molecule has 8 heteroatoms. The molecule has 146 valence electrons. The van der Waals surface area contributed by atoms with Gasteiger partial charge in [-0.15, -0.1) is 0 Å². The number of pyridine rings is 1. The number of sulfonamides is 1. The van der Waals surface area contributed by atoms with Crippen molar-refractivity contribution >= 4 is 15.9 Å². The number of carbonyl (C=O) groups excluding carboxylic acids is 1. The molecular formula is C19H26N4O3S. The zero-order valence-corrected chi connectivity index (χ0v) is 16.3. The molecule has 0 saturated carbocycles. The number of hydrogen-bond acceptors (Lipinski definition) is 5. The maximum Gasteiger partial charge on any atom is 0.238 e. The molecule has 27 heavy (non-hydrogen) atoms. The number of nitrogens with two attached hydrogens (primary N) is 1. The molecule has 0 saturated heterocycles. The van der Waals surface area contributed by atoms with Gasteiger partial charge >= 0.3 is 0 Å². The Balaban J connectivity index is 1.63. The van der Waals surface area contributed by atoms with Crippen LogP contribution in [-0.4, -0.2) is 50.9 Å². The molecule has 7 nitrogen and oxygen atoms in total. The monoisotopic (exact) mass is 390 g/mol. The van der Waals surface area contributed by atoms with Gasteiger partial charge < -0.3 is 10.2 Å². The summed E-state index contributed by atoms with van der Waals surface area (Å²) in [6, 6.07) is 10.4. The molecule has 1 aromatic heterocycles. The SMILES string of the molecule is CN(CCC(=O)NCCc1ccc(S(N)(=O)=O)cc1)CCc1ccncc1. The first-order valence-electron chi connectivity index (χ1n) is 8.80. The topological polar surface area (TPSA) is 105 Å². The number of likely N-dealkylation sites (N-methyl/N-ethyl adjacent to an activating group) is 1. The quantitative estimate of drug-likeness (QED) is 0.628. The Hall–Kier alpha value is -2.29. The average Bonchev–Trinajstić information content (AvgIpc) is 2.65. The Bertz CT molecular complexity index is 824. The molecule has 0 aliphatic rings. The van der Waals surface area contributed by atoms with Gasteiger partial charge in [0, 0.05) is 38.4 Å². The lowest BCUT2D eigenvalue weighted by Gasteiger charge is -2.16. The number of aromatic nitrogens is 1. The molecule has 3 N–H and O–H groups in total. The fourth-order valence-corrected chi connectivity index (χ4v) is 3.07. The van der Waals surface area contributed by atoms with Crippen LogP contribution in [-0.2, 0) is 27.7 Å². The molecule has 0 aliphatic heterocycles. The van der Waals surface area contributed by atoms with Crippen molar-refractivity contribution in [1.82, 2.24) is 15.2 Å². The van der Waals surface area contributed by atoms with E-state index in [1.165, 1.54) is 17.7 Å². The summed E-state index contributed by atoms with van der Waals surface area (Å²) < 4.78 is 22.4. The van der Waals surface area contributed by atoms with Gasteiger partial charge in [0.05, 0.1) is 4.90 Å². The van der Waals surface area contributed by atoms with Crippen LogP contribution >= 0.6 is 0 Å². The number of nitrogens with one attached hydrogen (secondary N) is 1. The second-order valence-electron chi connectivity index (χ2n) is 6.45. The van der Waals surface area contributed by atoms with E-state index in [2.05, 4.69) is 15.2 Å². The molecule has 2 aromatic rings. The van der Waals surface area contributed by atoms with Crippen molar-refractivity contribution in [3.8, 4) is 0 Å². The minimum atomic E-state index is -3.67. The van der Waals surface area contributed by atoms with Crippen LogP contribution in [0.1, 0.15) is 17.5 Å². The third-order valence-corrected chi connectivity index (χ3v) is 5.17. The number of benzene rings is 1. The second kappa shape index (κ2) is 10.1. The first kappa shape index (κ1) is 21.0. The van der Waals surface area contributed by atoms with E-state index in [1.54, 1.807) is 24.5 Å². The summed E-state index contributed by atoms with van der Waals surface area (Å²) in [6.07, 6.45) is 5.57. The van der Waals surface area contributed by atoms with Crippen molar-refractivity contribution in [2.45, 2.75) is 24.2 Å². The van der Waals surface area contributed by atoms with E-state index in [0.717, 1.165) is 18.5 Å². The molecule has 0 unspecified atom stereocenters. The highest BCUT2D eigenvalue weighted by Gasteiger charge is 2.07. The van der Waals surface area contributed by atoms with Crippen LogP contribution in [0.3, 0.4) is 0 Å². The number of primary sulfonamides is 1. The van der Waals surface area contributed by atoms with Gasteiger partial charge in [-0.1, -0.05) is 12.1 Å². The second-order valence-corrected chi connectivity index (χ2v) is 8.01. The van der Waals surface area contributed by atoms with E-state index < -0.39 is 10.0 Å². The van der Waals surface area contributed by atoms with Gasteiger partial charge in [-0.3, -0.25) is 9.78 Å². The lowest BCUT2D eigenvalue weighted by atomic mass is 10.1. The third kappa shape index (κ3) is 7.86. The highest BCUT2D eigenvalue weighted by Crippen LogP contribution is 2.09. The molecule has 0 aliphatic carbocycles. The molecule has 1 amide bonds. The average molecular weight is 391 g/mol. The van der Waals surface area contributed by atoms with Crippen molar-refractivity contribution < 1.29 is 13.2 Å². The predicted octanol–water partition coefficient (Wildman–Crippen LogP) is 0.952. The number of amides is 1. The van der Waals surface area contributed by atoms with Gasteiger partial charge in [0.2, 0.25) is 15.9 Å². The Morgan fingerprint density at radius 2 is 1.67 bits per heavy atom. The van der Waals surface area contributed by atoms with E-state index in [1.807, 2.05) is 19.2 Å². The molecule has 0 spiro atoms. The number of carbonyl (C=O) groups is 1. The Labute approximate surface area is 160 Å². The Kier molecular flexibility index (Phi) is 7.90. The van der Waals surface area contributed by atoms with E-state index in [4.69, 9.17) is 5.14 Å². The maximum atomic E-state index is 12.0. The first-order chi connectivity index (χ1) is 12.8. The molecular weight excluding hydrogens is 364 g/mol. The summed E-state index contributed by atoms with van der Waals surface area (Å²) in [7, 11) is -1.67. The lowest BCUT2D eigenvalue weighted by Crippen LogP contribution is -2.31. The normalized spacial score (nSPS) is 11.5. The van der Waals surface area contributed by atoms with Crippen molar-refractivity contribution in [3.63, 3.8) is 0 Å². The molecule has 0 radical (unpaired) electrons. The fraction of sp³-hybridized carbons (Fsp3) is 0.368. The Morgan fingerprint density at radius 3 is 2.30 bits per heavy atom. The smallest absolute Gasteiger partial charge is 0.238 e. The van der Waals surface area contributed by atoms with E-state index in [0.29, 0.717) is 25.9 Å². The highest BCUT2D eigenvalue weighted by molar-refractivity contribution is 7.89. The molecule has 1 aromatic carbocycles. The van der Waals surface area contributed by atoms with Gasteiger partial charge in [0.25, 0.3) is 0 Å². The van der Waals surface area contributed by atoms with Crippen LogP contribution in [0.5, 0.6) is 0 Å². The van der Waals surface area contributed by atoms with E-state index in [9.17, 15) is 13.2 Å². The summed E-state index contributed by atoms with van der Waals surface area (Å²) >= 11 is 0. The van der Waals surface area contributed by atoms with Crippen molar-refractivity contribution in [1.29, 1.82) is 0 Å². The van der Waals surface area contributed by atoms with E-state index >= 15 is 0 Å². The maximum absolute atomic E-state index is 12.0. The van der Waals surface area contributed by atoms with Crippen LogP contribution in [0.4, 0.5) is 0 Å². The fourth-order valence-electron chi connectivity index (χ4n) is 2.55. The molecule has 2 rings (SSSR count). The molecule has 0 atom stereocenters. The zero-order chi connectivity index (χ0) is 19.7. The Morgan fingerprint density at radius 1 is 1.04 bits per heavy atom. The summed E-state index contributed by atoms with van der Waals surface area (Å²) in [5, 5.41) is 7.96. The largest absolute Gasteiger partial charge is 0.356 e. The van der Waals surface area contributed by atoms with Crippen LogP contribution in [0, 0.1) is 0 Å². The first-order valence-corrected chi connectivity index (χ1v) is 10.3. The number of hydrogen-bond donors (Lipinski definition) is 2. The van der Waals surface area contributed by atoms with Crippen molar-refractivity contribution in [3.05, 3.63) is 59.9 Å². The van der Waals surface area contributed by atoms with Crippen molar-refractivity contribution in [2.24, 2.45) is 5.14 Å². The van der Waals surface area contributed by atoms with Gasteiger partial charge in [-0.05, 0) is 55.3 Å². The minimum absolute atomic E-state index is 0.00640. The van der Waals surface area contributed by atoms with Crippen molar-refractivity contribution in [2.75, 3.05) is 26.7 Å². The highest BCUT2D eigenvalue weighted by atomic mass is 32.2.